The summed E-state index contributed by atoms with van der Waals surface area (Å²) in [5, 5.41) is 0.490. The second-order valence-electron chi connectivity index (χ2n) is 5.19. The van der Waals surface area contributed by atoms with Crippen molar-refractivity contribution in [3.8, 4) is 5.75 Å². The summed E-state index contributed by atoms with van der Waals surface area (Å²) in [6.45, 7) is -0.546. The van der Waals surface area contributed by atoms with Gasteiger partial charge in [0.25, 0.3) is 11.8 Å². The number of halogens is 1. The van der Waals surface area contributed by atoms with Crippen molar-refractivity contribution in [2.24, 2.45) is 0 Å². The molecule has 0 unspecified atom stereocenters. The summed E-state index contributed by atoms with van der Waals surface area (Å²) >= 11 is 5.73. The highest BCUT2D eigenvalue weighted by Crippen LogP contribution is 2.18. The molecule has 2 aromatic carbocycles. The van der Waals surface area contributed by atoms with Crippen molar-refractivity contribution >= 4 is 35.5 Å². The number of methoxy groups -OCH3 is 1. The molecule has 8 heteroatoms. The number of hydrazine groups is 1. The first-order valence-corrected chi connectivity index (χ1v) is 8.20. The highest BCUT2D eigenvalue weighted by atomic mass is 35.5. The SMILES string of the molecule is COc1ccccc1/C=C/C(=O)OCC(=O)NNC(=O)c1ccc(Cl)cc1. The number of esters is 1. The minimum absolute atomic E-state index is 0.316. The number of rotatable bonds is 6. The fourth-order valence-corrected chi connectivity index (χ4v) is 2.11. The zero-order valence-electron chi connectivity index (χ0n) is 14.4. The Kier molecular flexibility index (Phi) is 7.39. The van der Waals surface area contributed by atoms with Crippen LogP contribution in [-0.2, 0) is 14.3 Å². The van der Waals surface area contributed by atoms with Crippen molar-refractivity contribution in [1.82, 2.24) is 10.9 Å². The fraction of sp³-hybridized carbons (Fsp3) is 0.105. The van der Waals surface area contributed by atoms with Gasteiger partial charge in [0.2, 0.25) is 0 Å². The average molecular weight is 389 g/mol. The van der Waals surface area contributed by atoms with Crippen molar-refractivity contribution in [2.45, 2.75) is 0 Å². The third-order valence-corrected chi connectivity index (χ3v) is 3.56. The van der Waals surface area contributed by atoms with Gasteiger partial charge in [-0.05, 0) is 36.4 Å². The minimum atomic E-state index is -0.708. The molecule has 140 valence electrons. The maximum atomic E-state index is 11.8. The van der Waals surface area contributed by atoms with E-state index in [2.05, 4.69) is 10.9 Å². The Balaban J connectivity index is 1.76. The summed E-state index contributed by atoms with van der Waals surface area (Å²) in [7, 11) is 1.52. The van der Waals surface area contributed by atoms with Gasteiger partial charge >= 0.3 is 5.97 Å². The largest absolute Gasteiger partial charge is 0.496 e. The van der Waals surface area contributed by atoms with Crippen LogP contribution in [0.15, 0.2) is 54.6 Å². The highest BCUT2D eigenvalue weighted by molar-refractivity contribution is 6.30. The molecule has 0 bridgehead atoms. The van der Waals surface area contributed by atoms with Gasteiger partial charge in [0.05, 0.1) is 7.11 Å². The van der Waals surface area contributed by atoms with E-state index in [0.29, 0.717) is 21.9 Å². The number of carbonyl (C=O) groups excluding carboxylic acids is 3. The Morgan fingerprint density at radius 3 is 2.44 bits per heavy atom. The first-order chi connectivity index (χ1) is 13.0. The lowest BCUT2D eigenvalue weighted by atomic mass is 10.2. The van der Waals surface area contributed by atoms with Crippen LogP contribution in [0.25, 0.3) is 6.08 Å². The predicted octanol–water partition coefficient (Wildman–Crippen LogP) is 2.37. The van der Waals surface area contributed by atoms with Gasteiger partial charge < -0.3 is 9.47 Å². The molecule has 0 aliphatic rings. The fourth-order valence-electron chi connectivity index (χ4n) is 1.98. The van der Waals surface area contributed by atoms with Crippen molar-refractivity contribution in [2.75, 3.05) is 13.7 Å². The lowest BCUT2D eigenvalue weighted by Gasteiger charge is -2.07. The molecule has 0 saturated carbocycles. The second-order valence-corrected chi connectivity index (χ2v) is 5.63. The maximum absolute atomic E-state index is 11.8. The molecular formula is C19H17ClN2O5. The Labute approximate surface area is 160 Å². The molecule has 27 heavy (non-hydrogen) atoms. The lowest BCUT2D eigenvalue weighted by molar-refractivity contribution is -0.144. The third kappa shape index (κ3) is 6.48. The van der Waals surface area contributed by atoms with Crippen LogP contribution in [-0.4, -0.2) is 31.5 Å². The van der Waals surface area contributed by atoms with E-state index >= 15 is 0 Å². The number of amides is 2. The first kappa shape index (κ1) is 20.0. The van der Waals surface area contributed by atoms with E-state index in [0.717, 1.165) is 0 Å². The molecule has 2 aromatic rings. The van der Waals surface area contributed by atoms with Crippen LogP contribution in [0.4, 0.5) is 0 Å². The van der Waals surface area contributed by atoms with Crippen molar-refractivity contribution < 1.29 is 23.9 Å². The van der Waals surface area contributed by atoms with Crippen LogP contribution in [0.1, 0.15) is 15.9 Å². The molecule has 0 radical (unpaired) electrons. The van der Waals surface area contributed by atoms with Crippen molar-refractivity contribution in [3.63, 3.8) is 0 Å². The van der Waals surface area contributed by atoms with Crippen molar-refractivity contribution in [3.05, 3.63) is 70.8 Å². The van der Waals surface area contributed by atoms with Crippen LogP contribution >= 0.6 is 11.6 Å². The van der Waals surface area contributed by atoms with Gasteiger partial charge in [-0.3, -0.25) is 20.4 Å². The monoisotopic (exact) mass is 388 g/mol. The first-order valence-electron chi connectivity index (χ1n) is 7.82. The molecule has 0 spiro atoms. The molecule has 2 amide bonds. The molecule has 0 saturated heterocycles. The molecule has 7 nitrogen and oxygen atoms in total. The van der Waals surface area contributed by atoms with Gasteiger partial charge in [0, 0.05) is 22.2 Å². The summed E-state index contributed by atoms with van der Waals surface area (Å²) in [6.07, 6.45) is 2.69. The van der Waals surface area contributed by atoms with Gasteiger partial charge in [-0.2, -0.15) is 0 Å². The number of ether oxygens (including phenoxy) is 2. The van der Waals surface area contributed by atoms with E-state index in [1.807, 2.05) is 0 Å². The Hall–Kier alpha value is -3.32. The van der Waals surface area contributed by atoms with Crippen LogP contribution in [0.2, 0.25) is 5.02 Å². The van der Waals surface area contributed by atoms with Gasteiger partial charge in [-0.1, -0.05) is 29.8 Å². The molecule has 0 aliphatic heterocycles. The summed E-state index contributed by atoms with van der Waals surface area (Å²) in [5.74, 6) is -1.32. The lowest BCUT2D eigenvalue weighted by Crippen LogP contribution is -2.43. The van der Waals surface area contributed by atoms with Crippen molar-refractivity contribution in [1.29, 1.82) is 0 Å². The number of nitrogens with one attached hydrogen (secondary N) is 2. The normalized spacial score (nSPS) is 10.3. The second kappa shape index (κ2) is 9.98. The topological polar surface area (TPSA) is 93.7 Å². The van der Waals surface area contributed by atoms with Crippen LogP contribution in [0.5, 0.6) is 5.75 Å². The highest BCUT2D eigenvalue weighted by Gasteiger charge is 2.09. The van der Waals surface area contributed by atoms with E-state index in [1.54, 1.807) is 36.4 Å². The molecule has 2 rings (SSSR count). The number of benzene rings is 2. The molecule has 0 atom stereocenters. The minimum Gasteiger partial charge on any atom is -0.496 e. The molecule has 0 aliphatic carbocycles. The third-order valence-electron chi connectivity index (χ3n) is 3.31. The van der Waals surface area contributed by atoms with Gasteiger partial charge in [0.1, 0.15) is 5.75 Å². The molecule has 2 N–H and O–H groups in total. The molecule has 0 aromatic heterocycles. The number of para-hydroxylation sites is 1. The molecular weight excluding hydrogens is 372 g/mol. The van der Waals surface area contributed by atoms with Crippen LogP contribution < -0.4 is 15.6 Å². The number of hydrogen-bond acceptors (Lipinski definition) is 5. The maximum Gasteiger partial charge on any atom is 0.331 e. The van der Waals surface area contributed by atoms with E-state index in [9.17, 15) is 14.4 Å². The smallest absolute Gasteiger partial charge is 0.331 e. The zero-order chi connectivity index (χ0) is 19.6. The average Bonchev–Trinajstić information content (AvgIpc) is 2.69. The van der Waals surface area contributed by atoms with Gasteiger partial charge in [-0.15, -0.1) is 0 Å². The predicted molar refractivity (Wildman–Crippen MR) is 100 cm³/mol. The number of hydrogen-bond donors (Lipinski definition) is 2. The van der Waals surface area contributed by atoms with Gasteiger partial charge in [-0.25, -0.2) is 4.79 Å². The van der Waals surface area contributed by atoms with Crippen LogP contribution in [0, 0.1) is 0 Å². The van der Waals surface area contributed by atoms with E-state index in [4.69, 9.17) is 21.1 Å². The summed E-state index contributed by atoms with van der Waals surface area (Å²) < 4.78 is 9.96. The Morgan fingerprint density at radius 1 is 1.04 bits per heavy atom. The summed E-state index contributed by atoms with van der Waals surface area (Å²) in [6, 6.07) is 13.2. The van der Waals surface area contributed by atoms with E-state index in [1.165, 1.54) is 31.4 Å². The molecule has 0 fully saturated rings. The Morgan fingerprint density at radius 2 is 1.74 bits per heavy atom. The van der Waals surface area contributed by atoms with Gasteiger partial charge in [0.15, 0.2) is 6.61 Å². The van der Waals surface area contributed by atoms with E-state index in [-0.39, 0.29) is 0 Å². The molecule has 0 heterocycles. The zero-order valence-corrected chi connectivity index (χ0v) is 15.2. The van der Waals surface area contributed by atoms with Crippen LogP contribution in [0.3, 0.4) is 0 Å². The van der Waals surface area contributed by atoms with E-state index < -0.39 is 24.4 Å². The Bertz CT molecular complexity index is 849. The number of carbonyl (C=O) groups is 3. The summed E-state index contributed by atoms with van der Waals surface area (Å²) in [4.78, 5) is 35.1. The summed E-state index contributed by atoms with van der Waals surface area (Å²) in [5.41, 5.74) is 5.37. The standard InChI is InChI=1S/C19H17ClN2O5/c1-26-16-5-3-2-4-13(16)8-11-18(24)27-12-17(23)21-22-19(25)14-6-9-15(20)10-7-14/h2-11H,12H2,1H3,(H,21,23)(H,22,25)/b11-8+. The quantitative estimate of drug-likeness (QED) is 0.450.